The summed E-state index contributed by atoms with van der Waals surface area (Å²) in [6.45, 7) is 0.470. The first-order valence-electron chi connectivity index (χ1n) is 8.66. The quantitative estimate of drug-likeness (QED) is 0.440. The van der Waals surface area contributed by atoms with E-state index in [2.05, 4.69) is 20.8 Å². The molecule has 0 saturated carbocycles. The standard InChI is InChI=1S/C19H18Cl2N4O3S/c1-27-16-6-3-2-5-14(16)22-18(26)23-19-25-24-17(29-19)7-4-10-28-15-9-8-12(20)11-13(15)21/h2-3,5-6,8-9,11H,4,7,10H2,1H3,(H2,22,23,25,26). The van der Waals surface area contributed by atoms with Gasteiger partial charge in [-0.15, -0.1) is 10.2 Å². The summed E-state index contributed by atoms with van der Waals surface area (Å²) in [5.74, 6) is 1.16. The molecular formula is C19H18Cl2N4O3S. The smallest absolute Gasteiger partial charge is 0.325 e. The molecule has 0 atom stereocenters. The zero-order valence-electron chi connectivity index (χ0n) is 15.4. The molecule has 1 aromatic heterocycles. The highest BCUT2D eigenvalue weighted by Crippen LogP contribution is 2.28. The molecule has 1 heterocycles. The number of hydrogen-bond donors (Lipinski definition) is 2. The summed E-state index contributed by atoms with van der Waals surface area (Å²) in [6.07, 6.45) is 1.39. The van der Waals surface area contributed by atoms with Crippen LogP contribution in [0.25, 0.3) is 0 Å². The van der Waals surface area contributed by atoms with Crippen LogP contribution >= 0.6 is 34.5 Å². The second-order valence-corrected chi connectivity index (χ2v) is 7.71. The first-order valence-corrected chi connectivity index (χ1v) is 10.2. The van der Waals surface area contributed by atoms with Crippen molar-refractivity contribution in [2.24, 2.45) is 0 Å². The summed E-state index contributed by atoms with van der Waals surface area (Å²) in [7, 11) is 1.54. The van der Waals surface area contributed by atoms with Crippen LogP contribution in [0, 0.1) is 0 Å². The Morgan fingerprint density at radius 3 is 2.72 bits per heavy atom. The second kappa shape index (κ2) is 10.3. The van der Waals surface area contributed by atoms with Crippen molar-refractivity contribution in [3.8, 4) is 11.5 Å². The molecule has 0 unspecified atom stereocenters. The molecule has 0 aliphatic heterocycles. The molecular weight excluding hydrogens is 435 g/mol. The predicted octanol–water partition coefficient (Wildman–Crippen LogP) is 5.51. The third-order valence-corrected chi connectivity index (χ3v) is 5.16. The zero-order chi connectivity index (χ0) is 20.6. The number of anilines is 2. The van der Waals surface area contributed by atoms with Gasteiger partial charge in [0, 0.05) is 11.4 Å². The Morgan fingerprint density at radius 2 is 1.93 bits per heavy atom. The topological polar surface area (TPSA) is 85.4 Å². The average Bonchev–Trinajstić information content (AvgIpc) is 3.14. The lowest BCUT2D eigenvalue weighted by atomic mass is 10.3. The number of nitrogens with zero attached hydrogens (tertiary/aromatic N) is 2. The lowest BCUT2D eigenvalue weighted by Crippen LogP contribution is -2.19. The van der Waals surface area contributed by atoms with Gasteiger partial charge in [-0.25, -0.2) is 4.79 Å². The Bertz CT molecular complexity index is 984. The van der Waals surface area contributed by atoms with Gasteiger partial charge >= 0.3 is 6.03 Å². The average molecular weight is 453 g/mol. The number of para-hydroxylation sites is 2. The van der Waals surface area contributed by atoms with E-state index in [0.717, 1.165) is 11.4 Å². The maximum absolute atomic E-state index is 12.2. The van der Waals surface area contributed by atoms with Gasteiger partial charge in [-0.2, -0.15) is 0 Å². The minimum Gasteiger partial charge on any atom is -0.495 e. The number of halogens is 2. The number of carbonyl (C=O) groups is 1. The van der Waals surface area contributed by atoms with Gasteiger partial charge in [0.15, 0.2) is 0 Å². The number of urea groups is 1. The normalized spacial score (nSPS) is 10.4. The number of hydrogen-bond acceptors (Lipinski definition) is 6. The van der Waals surface area contributed by atoms with Crippen LogP contribution in [0.15, 0.2) is 42.5 Å². The Kier molecular flexibility index (Phi) is 7.51. The van der Waals surface area contributed by atoms with Gasteiger partial charge in [-0.3, -0.25) is 5.32 Å². The zero-order valence-corrected chi connectivity index (χ0v) is 17.8. The number of amides is 2. The first kappa shape index (κ1) is 21.2. The monoisotopic (exact) mass is 452 g/mol. The third-order valence-electron chi connectivity index (χ3n) is 3.73. The van der Waals surface area contributed by atoms with E-state index in [1.807, 2.05) is 6.07 Å². The van der Waals surface area contributed by atoms with E-state index in [1.165, 1.54) is 11.3 Å². The van der Waals surface area contributed by atoms with Gasteiger partial charge in [-0.05, 0) is 36.8 Å². The molecule has 0 aliphatic rings. The van der Waals surface area contributed by atoms with Gasteiger partial charge in [0.2, 0.25) is 5.13 Å². The fraction of sp³-hybridized carbons (Fsp3) is 0.211. The van der Waals surface area contributed by atoms with E-state index in [0.29, 0.717) is 45.4 Å². The second-order valence-electron chi connectivity index (χ2n) is 5.81. The molecule has 0 spiro atoms. The summed E-state index contributed by atoms with van der Waals surface area (Å²) in [5, 5.41) is 15.7. The number of benzene rings is 2. The van der Waals surface area contributed by atoms with Crippen molar-refractivity contribution in [2.45, 2.75) is 12.8 Å². The highest BCUT2D eigenvalue weighted by Gasteiger charge is 2.11. The van der Waals surface area contributed by atoms with E-state index >= 15 is 0 Å². The molecule has 2 amide bonds. The summed E-state index contributed by atoms with van der Waals surface area (Å²) < 4.78 is 10.9. The van der Waals surface area contributed by atoms with Crippen molar-refractivity contribution in [3.05, 3.63) is 57.5 Å². The molecule has 29 heavy (non-hydrogen) atoms. The summed E-state index contributed by atoms with van der Waals surface area (Å²) >= 11 is 13.2. The van der Waals surface area contributed by atoms with Gasteiger partial charge in [0.25, 0.3) is 0 Å². The number of aromatic nitrogens is 2. The number of aryl methyl sites for hydroxylation is 1. The van der Waals surface area contributed by atoms with E-state index < -0.39 is 6.03 Å². The molecule has 0 bridgehead atoms. The SMILES string of the molecule is COc1ccccc1NC(=O)Nc1nnc(CCCOc2ccc(Cl)cc2Cl)s1. The Hall–Kier alpha value is -2.55. The van der Waals surface area contributed by atoms with Crippen LogP contribution < -0.4 is 20.1 Å². The van der Waals surface area contributed by atoms with Crippen LogP contribution in [0.3, 0.4) is 0 Å². The van der Waals surface area contributed by atoms with Crippen LogP contribution in [-0.2, 0) is 6.42 Å². The van der Waals surface area contributed by atoms with Crippen LogP contribution in [0.2, 0.25) is 10.0 Å². The molecule has 0 aliphatic carbocycles. The number of nitrogens with one attached hydrogen (secondary N) is 2. The highest BCUT2D eigenvalue weighted by atomic mass is 35.5. The number of rotatable bonds is 8. The number of carbonyl (C=O) groups excluding carboxylic acids is 1. The summed E-state index contributed by atoms with van der Waals surface area (Å²) in [4.78, 5) is 12.2. The van der Waals surface area contributed by atoms with Gasteiger partial charge < -0.3 is 14.8 Å². The van der Waals surface area contributed by atoms with Crippen LogP contribution in [0.4, 0.5) is 15.6 Å². The molecule has 7 nitrogen and oxygen atoms in total. The fourth-order valence-corrected chi connectivity index (χ4v) is 3.64. The van der Waals surface area contributed by atoms with Crippen LogP contribution in [0.1, 0.15) is 11.4 Å². The lowest BCUT2D eigenvalue weighted by molar-refractivity contribution is 0.262. The van der Waals surface area contributed by atoms with Crippen molar-refractivity contribution in [1.29, 1.82) is 0 Å². The largest absolute Gasteiger partial charge is 0.495 e. The van der Waals surface area contributed by atoms with E-state index in [1.54, 1.807) is 43.5 Å². The van der Waals surface area contributed by atoms with Crippen molar-refractivity contribution in [2.75, 3.05) is 24.4 Å². The molecule has 0 radical (unpaired) electrons. The van der Waals surface area contributed by atoms with Gasteiger partial charge in [0.1, 0.15) is 16.5 Å². The molecule has 152 valence electrons. The molecule has 0 saturated heterocycles. The van der Waals surface area contributed by atoms with E-state index in [9.17, 15) is 4.79 Å². The molecule has 10 heteroatoms. The highest BCUT2D eigenvalue weighted by molar-refractivity contribution is 7.15. The third kappa shape index (κ3) is 6.22. The maximum Gasteiger partial charge on any atom is 0.325 e. The molecule has 2 N–H and O–H groups in total. The minimum atomic E-state index is -0.419. The van der Waals surface area contributed by atoms with Gasteiger partial charge in [-0.1, -0.05) is 46.7 Å². The molecule has 3 aromatic rings. The molecule has 3 rings (SSSR count). The molecule has 2 aromatic carbocycles. The van der Waals surface area contributed by atoms with Crippen LogP contribution in [-0.4, -0.2) is 29.9 Å². The lowest BCUT2D eigenvalue weighted by Gasteiger charge is -2.09. The van der Waals surface area contributed by atoms with Crippen molar-refractivity contribution in [3.63, 3.8) is 0 Å². The molecule has 0 fully saturated rings. The first-order chi connectivity index (χ1) is 14.0. The van der Waals surface area contributed by atoms with Crippen molar-refractivity contribution < 1.29 is 14.3 Å². The van der Waals surface area contributed by atoms with Crippen LogP contribution in [0.5, 0.6) is 11.5 Å². The maximum atomic E-state index is 12.2. The van der Waals surface area contributed by atoms with E-state index in [-0.39, 0.29) is 0 Å². The Balaban J connectivity index is 1.45. The van der Waals surface area contributed by atoms with E-state index in [4.69, 9.17) is 32.7 Å². The Labute approximate surface area is 182 Å². The number of methoxy groups -OCH3 is 1. The number of ether oxygens (including phenoxy) is 2. The Morgan fingerprint density at radius 1 is 1.10 bits per heavy atom. The summed E-state index contributed by atoms with van der Waals surface area (Å²) in [6, 6.07) is 11.8. The van der Waals surface area contributed by atoms with Crippen molar-refractivity contribution >= 4 is 51.4 Å². The minimum absolute atomic E-state index is 0.411. The predicted molar refractivity (Wildman–Crippen MR) is 116 cm³/mol. The van der Waals surface area contributed by atoms with Gasteiger partial charge in [0.05, 0.1) is 24.4 Å². The fourth-order valence-electron chi connectivity index (χ4n) is 2.40. The summed E-state index contributed by atoms with van der Waals surface area (Å²) in [5.41, 5.74) is 0.565. The van der Waals surface area contributed by atoms with Crippen molar-refractivity contribution in [1.82, 2.24) is 10.2 Å².